The molecule has 5 N–H and O–H groups in total. The molecule has 2 aromatic heterocycles. The van der Waals surface area contributed by atoms with Crippen molar-refractivity contribution >= 4 is 75.4 Å². The number of fused-ring (bicyclic) bond motifs is 1. The normalized spacial score (nSPS) is 17.7. The van der Waals surface area contributed by atoms with Crippen molar-refractivity contribution in [2.24, 2.45) is 10.6 Å². The summed E-state index contributed by atoms with van der Waals surface area (Å²) in [7, 11) is 2.48. The minimum absolute atomic E-state index is 0.0832. The Morgan fingerprint density at radius 3 is 2.38 bits per heavy atom. The van der Waals surface area contributed by atoms with Crippen molar-refractivity contribution in [3.8, 4) is 0 Å². The number of nitrogens with two attached hydrogens (primary N) is 1. The highest BCUT2D eigenvalue weighted by Gasteiger charge is 2.55. The van der Waals surface area contributed by atoms with Crippen molar-refractivity contribution < 1.29 is 43.8 Å². The number of oxime groups is 1. The molecule has 0 aromatic carbocycles. The molecule has 0 spiro atoms. The summed E-state index contributed by atoms with van der Waals surface area (Å²) >= 11 is 3.40. The van der Waals surface area contributed by atoms with Gasteiger partial charge in [-0.05, 0) is 27.2 Å². The van der Waals surface area contributed by atoms with Crippen LogP contribution in [0, 0.1) is 5.41 Å². The van der Waals surface area contributed by atoms with Gasteiger partial charge >= 0.3 is 17.9 Å². The van der Waals surface area contributed by atoms with E-state index in [4.69, 9.17) is 20.4 Å². The molecular weight excluding hydrogens is 677 g/mol. The molecule has 0 radical (unpaired) electrons. The summed E-state index contributed by atoms with van der Waals surface area (Å²) in [6.45, 7) is 11.4. The van der Waals surface area contributed by atoms with Crippen LogP contribution in [0.15, 0.2) is 38.4 Å². The van der Waals surface area contributed by atoms with Gasteiger partial charge in [0.25, 0.3) is 17.6 Å². The first-order chi connectivity index (χ1) is 22.0. The predicted molar refractivity (Wildman–Crippen MR) is 173 cm³/mol. The lowest BCUT2D eigenvalue weighted by molar-refractivity contribution is -0.150. The third-order valence-electron chi connectivity index (χ3n) is 6.25. The summed E-state index contributed by atoms with van der Waals surface area (Å²) < 4.78 is 6.23. The topological polar surface area (TPSA) is 242 Å². The lowest BCUT2D eigenvalue weighted by Gasteiger charge is -2.49. The number of carbonyl (C=O) groups is 5. The first-order valence-corrected chi connectivity index (χ1v) is 16.5. The van der Waals surface area contributed by atoms with E-state index in [2.05, 4.69) is 32.1 Å². The molecule has 0 aliphatic carbocycles. The number of rotatable bonds is 11. The molecule has 17 nitrogen and oxygen atoms in total. The van der Waals surface area contributed by atoms with Crippen molar-refractivity contribution in [2.75, 3.05) is 25.7 Å². The minimum Gasteiger partial charge on any atom is -0.481 e. The monoisotopic (exact) mass is 710 g/mol. The Morgan fingerprint density at radius 2 is 1.87 bits per heavy atom. The third kappa shape index (κ3) is 8.49. The van der Waals surface area contributed by atoms with Crippen LogP contribution in [0.5, 0.6) is 0 Å². The Kier molecular flexibility index (Phi) is 12.2. The highest BCUT2D eigenvalue weighted by Crippen LogP contribution is 2.47. The van der Waals surface area contributed by atoms with E-state index in [1.165, 1.54) is 24.3 Å². The van der Waals surface area contributed by atoms with Gasteiger partial charge in [0.05, 0.1) is 12.5 Å². The van der Waals surface area contributed by atoms with Gasteiger partial charge in [-0.15, -0.1) is 16.4 Å². The molecule has 4 heterocycles. The molecule has 47 heavy (non-hydrogen) atoms. The molecule has 20 heteroatoms. The maximum atomic E-state index is 13.1. The summed E-state index contributed by atoms with van der Waals surface area (Å²) in [5, 5.41) is 30.1. The number of nitrogens with one attached hydrogen (secondary N) is 1. The second-order valence-corrected chi connectivity index (χ2v) is 13.7. The summed E-state index contributed by atoms with van der Waals surface area (Å²) in [4.78, 5) is 74.9. The van der Waals surface area contributed by atoms with Crippen LogP contribution in [0.3, 0.4) is 0 Å². The molecule has 2 atom stereocenters. The van der Waals surface area contributed by atoms with E-state index in [0.29, 0.717) is 28.6 Å². The van der Waals surface area contributed by atoms with Crippen LogP contribution in [0.25, 0.3) is 0 Å². The van der Waals surface area contributed by atoms with Crippen molar-refractivity contribution in [3.63, 3.8) is 0 Å². The predicted octanol–water partition coefficient (Wildman–Crippen LogP) is 2.03. The number of esters is 1. The standard InChI is InChI=1S/C22H24N8O7S3.C5H10O2/c1-5-6-29-22(26-15(27-29)20(35)36-3)39-7-10-9(2)40-18-13(17(32)30(18)14(10)19(33)34)25-16(31)12(28-37-4)11-8-38-21(23)24-11;1-5(2,3)4(6)7/h8,13,18H,2,5-7H2,1,3-4H3,(H2,23,24)(H,25,31)(H,33,34);1-3H3,(H,6,7)/t13-,18-;/m1./s1. The molecule has 0 saturated carbocycles. The number of methoxy groups -OCH3 is 1. The fraction of sp³-hybridized carbons (Fsp3) is 0.444. The molecular formula is C27H34N8O9S3. The average Bonchev–Trinajstić information content (AvgIpc) is 3.62. The van der Waals surface area contributed by atoms with Gasteiger partial charge in [0.15, 0.2) is 16.0 Å². The molecule has 1 fully saturated rings. The minimum atomic E-state index is -1.33. The van der Waals surface area contributed by atoms with E-state index in [0.717, 1.165) is 39.8 Å². The van der Waals surface area contributed by atoms with Crippen molar-refractivity contribution in [1.82, 2.24) is 30.0 Å². The van der Waals surface area contributed by atoms with Gasteiger partial charge in [-0.25, -0.2) is 19.3 Å². The molecule has 0 bridgehead atoms. The number of anilines is 1. The van der Waals surface area contributed by atoms with Gasteiger partial charge in [-0.2, -0.15) is 4.98 Å². The number of aryl methyl sites for hydroxylation is 1. The number of nitrogens with zero attached hydrogens (tertiary/aromatic N) is 6. The van der Waals surface area contributed by atoms with Crippen LogP contribution >= 0.6 is 34.9 Å². The van der Waals surface area contributed by atoms with E-state index in [1.807, 2.05) is 6.92 Å². The Labute approximate surface area is 281 Å². The van der Waals surface area contributed by atoms with E-state index < -0.39 is 46.6 Å². The van der Waals surface area contributed by atoms with Crippen LogP contribution in [0.4, 0.5) is 5.13 Å². The van der Waals surface area contributed by atoms with Crippen LogP contribution in [-0.4, -0.2) is 102 Å². The quantitative estimate of drug-likeness (QED) is 0.0857. The Morgan fingerprint density at radius 1 is 1.21 bits per heavy atom. The lowest BCUT2D eigenvalue weighted by Crippen LogP contribution is -2.70. The number of thiazole rings is 1. The number of hydrogen-bond donors (Lipinski definition) is 4. The van der Waals surface area contributed by atoms with E-state index >= 15 is 0 Å². The third-order valence-corrected chi connectivity index (χ3v) is 9.17. The molecule has 2 amide bonds. The van der Waals surface area contributed by atoms with Crippen molar-refractivity contribution in [1.29, 1.82) is 0 Å². The zero-order valence-corrected chi connectivity index (χ0v) is 28.7. The number of ether oxygens (including phenoxy) is 1. The van der Waals surface area contributed by atoms with Crippen LogP contribution in [0.2, 0.25) is 0 Å². The number of carbonyl (C=O) groups excluding carboxylic acids is 3. The zero-order valence-electron chi connectivity index (χ0n) is 26.3. The maximum absolute atomic E-state index is 13.1. The van der Waals surface area contributed by atoms with E-state index in [9.17, 15) is 29.1 Å². The molecule has 4 rings (SSSR count). The second-order valence-electron chi connectivity index (χ2n) is 10.7. The Balaban J connectivity index is 0.000000771. The van der Waals surface area contributed by atoms with Gasteiger partial charge in [-0.3, -0.25) is 19.3 Å². The zero-order chi connectivity index (χ0) is 35.2. The van der Waals surface area contributed by atoms with Gasteiger partial charge in [-0.1, -0.05) is 42.2 Å². The number of amides is 2. The second kappa shape index (κ2) is 15.4. The number of β-lactam (4-membered cyclic amide) rings is 1. The van der Waals surface area contributed by atoms with Gasteiger partial charge in [0, 0.05) is 28.2 Å². The molecule has 0 unspecified atom stereocenters. The molecule has 2 aromatic rings. The number of carboxylic acids is 2. The van der Waals surface area contributed by atoms with Gasteiger partial charge in [0.2, 0.25) is 0 Å². The smallest absolute Gasteiger partial charge is 0.377 e. The number of aromatic nitrogens is 4. The molecule has 2 aliphatic heterocycles. The van der Waals surface area contributed by atoms with Gasteiger partial charge in [0.1, 0.15) is 29.9 Å². The van der Waals surface area contributed by atoms with E-state index in [-0.39, 0.29) is 33.8 Å². The summed E-state index contributed by atoms with van der Waals surface area (Å²) in [6, 6.07) is -1.05. The highest BCUT2D eigenvalue weighted by molar-refractivity contribution is 8.04. The van der Waals surface area contributed by atoms with Crippen molar-refractivity contribution in [2.45, 2.75) is 57.2 Å². The molecule has 1 saturated heterocycles. The Hall–Kier alpha value is -4.43. The SMILES string of the molecule is C=C1S[C@@H]2[C@H](NC(=O)C(=NOC)c3csc(N)n3)C(=O)N2C(C(=O)O)=C1CSc1nc(C(=O)OC)nn1CCC.CC(C)(C)C(=O)O. The highest BCUT2D eigenvalue weighted by atomic mass is 32.2. The summed E-state index contributed by atoms with van der Waals surface area (Å²) in [5.41, 5.74) is 5.12. The number of nitrogen functional groups attached to an aromatic ring is 1. The molecule has 254 valence electrons. The number of thioether (sulfide) groups is 2. The number of hydrogen-bond acceptors (Lipinski definition) is 15. The fourth-order valence-corrected chi connectivity index (χ4v) is 6.73. The van der Waals surface area contributed by atoms with Gasteiger partial charge < -0.3 is 30.8 Å². The van der Waals surface area contributed by atoms with Crippen molar-refractivity contribution in [3.05, 3.63) is 39.7 Å². The first-order valence-electron chi connectivity index (χ1n) is 13.7. The summed E-state index contributed by atoms with van der Waals surface area (Å²) in [5.74, 6) is -4.17. The lowest BCUT2D eigenvalue weighted by atomic mass is 9.98. The van der Waals surface area contributed by atoms with Crippen LogP contribution in [0.1, 0.15) is 50.4 Å². The number of allylic oxidation sites excluding steroid dienone is 1. The van der Waals surface area contributed by atoms with Crippen LogP contribution < -0.4 is 11.1 Å². The number of aliphatic carboxylic acids is 2. The first kappa shape index (κ1) is 37.0. The molecule has 2 aliphatic rings. The largest absolute Gasteiger partial charge is 0.481 e. The van der Waals surface area contributed by atoms with Crippen LogP contribution in [-0.2, 0) is 35.3 Å². The maximum Gasteiger partial charge on any atom is 0.377 e. The summed E-state index contributed by atoms with van der Waals surface area (Å²) in [6.07, 6.45) is 0.715. The fourth-order valence-electron chi connectivity index (χ4n) is 3.84. The number of carboxylic acid groups (broad SMARTS) is 2. The Bertz CT molecular complexity index is 1640. The van der Waals surface area contributed by atoms with E-state index in [1.54, 1.807) is 20.8 Å². The average molecular weight is 711 g/mol.